The lowest BCUT2D eigenvalue weighted by Gasteiger charge is -2.35. The molecule has 0 radical (unpaired) electrons. The Bertz CT molecular complexity index is 215. The Labute approximate surface area is 86.1 Å². The molecular weight excluding hydrogens is 178 g/mol. The van der Waals surface area contributed by atoms with Gasteiger partial charge in [0.05, 0.1) is 0 Å². The van der Waals surface area contributed by atoms with E-state index in [0.717, 1.165) is 25.7 Å². The quantitative estimate of drug-likeness (QED) is 0.691. The molecular formula is C11H21NO2. The predicted octanol–water partition coefficient (Wildman–Crippen LogP) is 1.97. The van der Waals surface area contributed by atoms with Crippen molar-refractivity contribution in [2.24, 2.45) is 5.92 Å². The molecule has 3 nitrogen and oxygen atoms in total. The summed E-state index contributed by atoms with van der Waals surface area (Å²) in [6, 6.07) is 0. The number of rotatable bonds is 2. The smallest absolute Gasteiger partial charge is 0.324 e. The first-order valence-corrected chi connectivity index (χ1v) is 5.40. The van der Waals surface area contributed by atoms with Crippen molar-refractivity contribution in [3.8, 4) is 0 Å². The first kappa shape index (κ1) is 11.5. The molecule has 0 bridgehead atoms. The SMILES string of the molecule is CC1CCCC(C(=O)O)(N(C)C)CC1. The topological polar surface area (TPSA) is 40.5 Å². The van der Waals surface area contributed by atoms with Crippen LogP contribution in [0.1, 0.15) is 39.0 Å². The van der Waals surface area contributed by atoms with Crippen LogP contribution in [0.5, 0.6) is 0 Å². The highest BCUT2D eigenvalue weighted by Gasteiger charge is 2.41. The molecule has 3 heteroatoms. The zero-order valence-electron chi connectivity index (χ0n) is 9.42. The van der Waals surface area contributed by atoms with E-state index in [-0.39, 0.29) is 0 Å². The number of hydrogen-bond donors (Lipinski definition) is 1. The van der Waals surface area contributed by atoms with Gasteiger partial charge in [0.2, 0.25) is 0 Å². The zero-order chi connectivity index (χ0) is 10.8. The van der Waals surface area contributed by atoms with Crippen molar-refractivity contribution in [3.63, 3.8) is 0 Å². The lowest BCUT2D eigenvalue weighted by molar-refractivity contribution is -0.150. The summed E-state index contributed by atoms with van der Waals surface area (Å²) in [7, 11) is 3.76. The van der Waals surface area contributed by atoms with Crippen LogP contribution in [0.2, 0.25) is 0 Å². The van der Waals surface area contributed by atoms with Gasteiger partial charge in [-0.3, -0.25) is 9.69 Å². The Morgan fingerprint density at radius 2 is 2.00 bits per heavy atom. The Kier molecular flexibility index (Phi) is 3.53. The Balaban J connectivity index is 2.81. The second-order valence-corrected chi connectivity index (χ2v) is 4.77. The summed E-state index contributed by atoms with van der Waals surface area (Å²) in [6.07, 6.45) is 4.81. The van der Waals surface area contributed by atoms with Crippen LogP contribution in [0.15, 0.2) is 0 Å². The lowest BCUT2D eigenvalue weighted by Crippen LogP contribution is -2.50. The monoisotopic (exact) mass is 199 g/mol. The van der Waals surface area contributed by atoms with Gasteiger partial charge in [-0.05, 0) is 39.3 Å². The molecule has 0 aliphatic heterocycles. The second-order valence-electron chi connectivity index (χ2n) is 4.77. The summed E-state index contributed by atoms with van der Waals surface area (Å²) in [5.41, 5.74) is -0.606. The van der Waals surface area contributed by atoms with E-state index in [0.29, 0.717) is 5.92 Å². The van der Waals surface area contributed by atoms with Crippen molar-refractivity contribution in [1.82, 2.24) is 4.90 Å². The molecule has 2 unspecified atom stereocenters. The molecule has 1 aliphatic carbocycles. The predicted molar refractivity (Wildman–Crippen MR) is 56.3 cm³/mol. The number of carbonyl (C=O) groups is 1. The van der Waals surface area contributed by atoms with Crippen molar-refractivity contribution in [2.75, 3.05) is 14.1 Å². The molecule has 1 rings (SSSR count). The van der Waals surface area contributed by atoms with Crippen LogP contribution in [-0.4, -0.2) is 35.6 Å². The van der Waals surface area contributed by atoms with Crippen molar-refractivity contribution >= 4 is 5.97 Å². The molecule has 2 atom stereocenters. The molecule has 0 amide bonds. The van der Waals surface area contributed by atoms with Crippen molar-refractivity contribution in [3.05, 3.63) is 0 Å². The Hall–Kier alpha value is -0.570. The maximum Gasteiger partial charge on any atom is 0.324 e. The number of likely N-dealkylation sites (N-methyl/N-ethyl adjacent to an activating group) is 1. The maximum absolute atomic E-state index is 11.3. The molecule has 0 aromatic heterocycles. The zero-order valence-corrected chi connectivity index (χ0v) is 9.42. The Morgan fingerprint density at radius 1 is 1.36 bits per heavy atom. The number of aliphatic carboxylic acids is 1. The van der Waals surface area contributed by atoms with Gasteiger partial charge >= 0.3 is 5.97 Å². The van der Waals surface area contributed by atoms with E-state index in [1.54, 1.807) is 0 Å². The number of nitrogens with zero attached hydrogens (tertiary/aromatic N) is 1. The minimum absolute atomic E-state index is 0.606. The van der Waals surface area contributed by atoms with Crippen molar-refractivity contribution in [1.29, 1.82) is 0 Å². The molecule has 0 aromatic rings. The van der Waals surface area contributed by atoms with Gasteiger partial charge in [0, 0.05) is 0 Å². The van der Waals surface area contributed by atoms with E-state index < -0.39 is 11.5 Å². The van der Waals surface area contributed by atoms with Crippen LogP contribution in [-0.2, 0) is 4.79 Å². The first-order chi connectivity index (χ1) is 6.49. The fourth-order valence-corrected chi connectivity index (χ4v) is 2.35. The third-order valence-corrected chi connectivity index (χ3v) is 3.59. The summed E-state index contributed by atoms with van der Waals surface area (Å²) in [5.74, 6) is 0.0211. The largest absolute Gasteiger partial charge is 0.480 e. The summed E-state index contributed by atoms with van der Waals surface area (Å²) in [6.45, 7) is 2.22. The van der Waals surface area contributed by atoms with Gasteiger partial charge in [-0.15, -0.1) is 0 Å². The van der Waals surface area contributed by atoms with E-state index in [1.807, 2.05) is 19.0 Å². The molecule has 1 aliphatic rings. The summed E-state index contributed by atoms with van der Waals surface area (Å²) in [4.78, 5) is 13.2. The van der Waals surface area contributed by atoms with E-state index in [4.69, 9.17) is 0 Å². The lowest BCUT2D eigenvalue weighted by atomic mass is 9.88. The van der Waals surface area contributed by atoms with Gasteiger partial charge < -0.3 is 5.11 Å². The summed E-state index contributed by atoms with van der Waals surface area (Å²) in [5, 5.41) is 9.33. The van der Waals surface area contributed by atoms with Crippen LogP contribution >= 0.6 is 0 Å². The average molecular weight is 199 g/mol. The molecule has 0 spiro atoms. The minimum atomic E-state index is -0.656. The molecule has 14 heavy (non-hydrogen) atoms. The number of hydrogen-bond acceptors (Lipinski definition) is 2. The molecule has 0 heterocycles. The fraction of sp³-hybridized carbons (Fsp3) is 0.909. The molecule has 1 saturated carbocycles. The number of carboxylic acids is 1. The third-order valence-electron chi connectivity index (χ3n) is 3.59. The van der Waals surface area contributed by atoms with Crippen LogP contribution in [0, 0.1) is 5.92 Å². The first-order valence-electron chi connectivity index (χ1n) is 5.40. The van der Waals surface area contributed by atoms with E-state index in [2.05, 4.69) is 6.92 Å². The minimum Gasteiger partial charge on any atom is -0.480 e. The molecule has 1 fully saturated rings. The maximum atomic E-state index is 11.3. The molecule has 1 N–H and O–H groups in total. The summed E-state index contributed by atoms with van der Waals surface area (Å²) >= 11 is 0. The van der Waals surface area contributed by atoms with E-state index in [9.17, 15) is 9.90 Å². The van der Waals surface area contributed by atoms with Gasteiger partial charge in [0.1, 0.15) is 5.54 Å². The van der Waals surface area contributed by atoms with Gasteiger partial charge in [0.25, 0.3) is 0 Å². The standard InChI is InChI=1S/C11H21NO2/c1-9-5-4-7-11(8-6-9,10(13)14)12(2)3/h9H,4-8H2,1-3H3,(H,13,14). The normalized spacial score (nSPS) is 34.1. The van der Waals surface area contributed by atoms with E-state index in [1.165, 1.54) is 6.42 Å². The molecule has 0 aromatic carbocycles. The van der Waals surface area contributed by atoms with Gasteiger partial charge in [-0.2, -0.15) is 0 Å². The average Bonchev–Trinajstić information content (AvgIpc) is 2.27. The Morgan fingerprint density at radius 3 is 2.50 bits per heavy atom. The van der Waals surface area contributed by atoms with Crippen molar-refractivity contribution in [2.45, 2.75) is 44.6 Å². The van der Waals surface area contributed by atoms with Crippen LogP contribution in [0.4, 0.5) is 0 Å². The van der Waals surface area contributed by atoms with Gasteiger partial charge in [0.15, 0.2) is 0 Å². The third kappa shape index (κ3) is 2.08. The highest BCUT2D eigenvalue weighted by molar-refractivity contribution is 5.78. The highest BCUT2D eigenvalue weighted by atomic mass is 16.4. The van der Waals surface area contributed by atoms with Gasteiger partial charge in [-0.25, -0.2) is 0 Å². The van der Waals surface area contributed by atoms with Crippen LogP contribution in [0.3, 0.4) is 0 Å². The second kappa shape index (κ2) is 4.30. The molecule has 0 saturated heterocycles. The van der Waals surface area contributed by atoms with Crippen molar-refractivity contribution < 1.29 is 9.90 Å². The summed E-state index contributed by atoms with van der Waals surface area (Å²) < 4.78 is 0. The van der Waals surface area contributed by atoms with Gasteiger partial charge in [-0.1, -0.05) is 19.8 Å². The van der Waals surface area contributed by atoms with E-state index >= 15 is 0 Å². The van der Waals surface area contributed by atoms with Crippen LogP contribution in [0.25, 0.3) is 0 Å². The fourth-order valence-electron chi connectivity index (χ4n) is 2.35. The molecule has 82 valence electrons. The number of carboxylic acid groups (broad SMARTS) is 1. The van der Waals surface area contributed by atoms with Crippen LogP contribution < -0.4 is 0 Å². The highest BCUT2D eigenvalue weighted by Crippen LogP contribution is 2.33.